The van der Waals surface area contributed by atoms with Gasteiger partial charge in [0.2, 0.25) is 0 Å². The van der Waals surface area contributed by atoms with E-state index in [0.29, 0.717) is 4.88 Å². The lowest BCUT2D eigenvalue weighted by molar-refractivity contribution is -0.384. The monoisotopic (exact) mass is 418 g/mol. The van der Waals surface area contributed by atoms with E-state index in [1.807, 2.05) is 0 Å². The lowest BCUT2D eigenvalue weighted by atomic mass is 10.3. The van der Waals surface area contributed by atoms with Gasteiger partial charge < -0.3 is 10.1 Å². The number of hydrogen-bond acceptors (Lipinski definition) is 6. The molecule has 0 bridgehead atoms. The summed E-state index contributed by atoms with van der Waals surface area (Å²) >= 11 is 10.2. The van der Waals surface area contributed by atoms with Gasteiger partial charge in [-0.25, -0.2) is 4.79 Å². The molecule has 1 aromatic carbocycles. The van der Waals surface area contributed by atoms with Crippen LogP contribution in [0.3, 0.4) is 0 Å². The molecule has 0 unspecified atom stereocenters. The first-order valence-corrected chi connectivity index (χ1v) is 8.02. The topological polar surface area (TPSA) is 98.5 Å². The van der Waals surface area contributed by atoms with Crippen LogP contribution in [0.4, 0.5) is 11.4 Å². The molecule has 0 aliphatic carbocycles. The normalized spacial score (nSPS) is 10.2. The van der Waals surface area contributed by atoms with Crippen molar-refractivity contribution in [1.82, 2.24) is 0 Å². The summed E-state index contributed by atoms with van der Waals surface area (Å²) in [6, 6.07) is 6.88. The average Bonchev–Trinajstić information content (AvgIpc) is 2.93. The van der Waals surface area contributed by atoms with E-state index in [4.69, 9.17) is 16.3 Å². The van der Waals surface area contributed by atoms with Crippen LogP contribution >= 0.6 is 38.9 Å². The zero-order chi connectivity index (χ0) is 17.0. The van der Waals surface area contributed by atoms with Crippen LogP contribution in [0.25, 0.3) is 0 Å². The molecule has 0 atom stereocenters. The number of non-ortho nitro benzene ring substituents is 1. The first-order chi connectivity index (χ1) is 10.9. The Bertz CT molecular complexity index is 779. The second kappa shape index (κ2) is 7.53. The van der Waals surface area contributed by atoms with Crippen LogP contribution in [0.15, 0.2) is 34.1 Å². The van der Waals surface area contributed by atoms with Gasteiger partial charge in [0.25, 0.3) is 11.6 Å². The molecule has 0 saturated heterocycles. The summed E-state index contributed by atoms with van der Waals surface area (Å²) in [5, 5.41) is 13.2. The zero-order valence-electron chi connectivity index (χ0n) is 11.2. The SMILES string of the molecule is O=C(COC(=O)c1ccc(Br)s1)Nc1cc([N+](=O)[O-])ccc1Cl. The van der Waals surface area contributed by atoms with E-state index in [1.54, 1.807) is 12.1 Å². The highest BCUT2D eigenvalue weighted by molar-refractivity contribution is 9.11. The van der Waals surface area contributed by atoms with E-state index in [2.05, 4.69) is 21.2 Å². The molecule has 0 aliphatic rings. The van der Waals surface area contributed by atoms with Crippen molar-refractivity contribution in [2.75, 3.05) is 11.9 Å². The lowest BCUT2D eigenvalue weighted by Gasteiger charge is -2.07. The molecule has 0 aliphatic heterocycles. The smallest absolute Gasteiger partial charge is 0.348 e. The number of nitrogens with zero attached hydrogens (tertiary/aromatic N) is 1. The quantitative estimate of drug-likeness (QED) is 0.451. The number of ether oxygens (including phenoxy) is 1. The van der Waals surface area contributed by atoms with Gasteiger partial charge in [0, 0.05) is 12.1 Å². The average molecular weight is 420 g/mol. The Morgan fingerprint density at radius 3 is 2.70 bits per heavy atom. The van der Waals surface area contributed by atoms with E-state index in [0.717, 1.165) is 9.85 Å². The lowest BCUT2D eigenvalue weighted by Crippen LogP contribution is -2.20. The van der Waals surface area contributed by atoms with Gasteiger partial charge >= 0.3 is 5.97 Å². The van der Waals surface area contributed by atoms with Gasteiger partial charge in [0.1, 0.15) is 4.88 Å². The predicted molar refractivity (Wildman–Crippen MR) is 89.0 cm³/mol. The second-order valence-electron chi connectivity index (χ2n) is 4.15. The predicted octanol–water partition coefficient (Wildman–Crippen LogP) is 3.87. The highest BCUT2D eigenvalue weighted by Crippen LogP contribution is 2.26. The summed E-state index contributed by atoms with van der Waals surface area (Å²) in [4.78, 5) is 33.9. The van der Waals surface area contributed by atoms with Crippen LogP contribution < -0.4 is 5.32 Å². The van der Waals surface area contributed by atoms with Crippen LogP contribution in [0.5, 0.6) is 0 Å². The number of benzene rings is 1. The van der Waals surface area contributed by atoms with Crippen molar-refractivity contribution in [3.05, 3.63) is 54.1 Å². The first kappa shape index (κ1) is 17.4. The van der Waals surface area contributed by atoms with E-state index in [1.165, 1.54) is 23.5 Å². The maximum atomic E-state index is 11.8. The molecular formula is C13H8BrClN2O5S. The van der Waals surface area contributed by atoms with Gasteiger partial charge in [0.15, 0.2) is 6.61 Å². The van der Waals surface area contributed by atoms with E-state index >= 15 is 0 Å². The Labute approximate surface area is 147 Å². The summed E-state index contributed by atoms with van der Waals surface area (Å²) in [5.41, 5.74) is -0.147. The third-order valence-electron chi connectivity index (χ3n) is 2.54. The van der Waals surface area contributed by atoms with Crippen molar-refractivity contribution in [3.63, 3.8) is 0 Å². The van der Waals surface area contributed by atoms with Gasteiger partial charge in [-0.1, -0.05) is 11.6 Å². The number of nitro groups is 1. The molecule has 0 fully saturated rings. The molecule has 2 aromatic rings. The van der Waals surface area contributed by atoms with Crippen molar-refractivity contribution < 1.29 is 19.2 Å². The number of nitrogens with one attached hydrogen (secondary N) is 1. The minimum atomic E-state index is -0.656. The number of thiophene rings is 1. The fourth-order valence-corrected chi connectivity index (χ4v) is 2.98. The fraction of sp³-hybridized carbons (Fsp3) is 0.0769. The Morgan fingerprint density at radius 1 is 1.35 bits per heavy atom. The number of rotatable bonds is 5. The number of esters is 1. The Hall–Kier alpha value is -1.97. The third kappa shape index (κ3) is 4.75. The second-order valence-corrected chi connectivity index (χ2v) is 7.02. The standard InChI is InChI=1S/C13H8BrClN2O5S/c14-11-4-3-10(23-11)13(19)22-6-12(18)16-9-5-7(17(20)21)1-2-8(9)15/h1-5H,6H2,(H,16,18). The van der Waals surface area contributed by atoms with Crippen molar-refractivity contribution in [3.8, 4) is 0 Å². The number of carbonyl (C=O) groups excluding carboxylic acids is 2. The number of amides is 1. The summed E-state index contributed by atoms with van der Waals surface area (Å²) in [6.45, 7) is -0.534. The molecule has 10 heteroatoms. The molecule has 120 valence electrons. The van der Waals surface area contributed by atoms with Crippen molar-refractivity contribution in [2.45, 2.75) is 0 Å². The van der Waals surface area contributed by atoms with Crippen LogP contribution in [0.1, 0.15) is 9.67 Å². The van der Waals surface area contributed by atoms with Crippen LogP contribution in [-0.2, 0) is 9.53 Å². The number of carbonyl (C=O) groups is 2. The molecule has 0 saturated carbocycles. The molecule has 23 heavy (non-hydrogen) atoms. The molecule has 0 radical (unpaired) electrons. The number of halogens is 2. The summed E-state index contributed by atoms with van der Waals surface area (Å²) < 4.78 is 5.62. The largest absolute Gasteiger partial charge is 0.451 e. The summed E-state index contributed by atoms with van der Waals surface area (Å²) in [7, 11) is 0. The molecule has 0 spiro atoms. The molecule has 1 heterocycles. The van der Waals surface area contributed by atoms with Crippen molar-refractivity contribution in [2.24, 2.45) is 0 Å². The minimum Gasteiger partial charge on any atom is -0.451 e. The summed E-state index contributed by atoms with van der Waals surface area (Å²) in [5.74, 6) is -1.29. The highest BCUT2D eigenvalue weighted by Gasteiger charge is 2.15. The molecule has 1 amide bonds. The molecule has 2 rings (SSSR count). The molecule has 7 nitrogen and oxygen atoms in total. The van der Waals surface area contributed by atoms with Gasteiger partial charge in [-0.2, -0.15) is 0 Å². The zero-order valence-corrected chi connectivity index (χ0v) is 14.4. The third-order valence-corrected chi connectivity index (χ3v) is 4.48. The van der Waals surface area contributed by atoms with Crippen molar-refractivity contribution >= 4 is 62.1 Å². The fourth-order valence-electron chi connectivity index (χ4n) is 1.54. The summed E-state index contributed by atoms with van der Waals surface area (Å²) in [6.07, 6.45) is 0. The van der Waals surface area contributed by atoms with E-state index in [9.17, 15) is 19.7 Å². The van der Waals surface area contributed by atoms with Crippen LogP contribution in [-0.4, -0.2) is 23.4 Å². The highest BCUT2D eigenvalue weighted by atomic mass is 79.9. The Balaban J connectivity index is 1.96. The van der Waals surface area contributed by atoms with Gasteiger partial charge in [-0.15, -0.1) is 11.3 Å². The Morgan fingerprint density at radius 2 is 2.09 bits per heavy atom. The number of hydrogen-bond donors (Lipinski definition) is 1. The van der Waals surface area contributed by atoms with E-state index in [-0.39, 0.29) is 16.4 Å². The van der Waals surface area contributed by atoms with E-state index < -0.39 is 23.4 Å². The maximum Gasteiger partial charge on any atom is 0.348 e. The number of anilines is 1. The van der Waals surface area contributed by atoms with Crippen molar-refractivity contribution in [1.29, 1.82) is 0 Å². The minimum absolute atomic E-state index is 0.0702. The number of nitro benzene ring substituents is 1. The van der Waals surface area contributed by atoms with Gasteiger partial charge in [0.05, 0.1) is 19.4 Å². The van der Waals surface area contributed by atoms with Crippen LogP contribution in [0.2, 0.25) is 5.02 Å². The first-order valence-electron chi connectivity index (χ1n) is 6.03. The molecule has 1 aromatic heterocycles. The molecular weight excluding hydrogens is 412 g/mol. The van der Waals surface area contributed by atoms with Gasteiger partial charge in [-0.05, 0) is 34.1 Å². The maximum absolute atomic E-state index is 11.8. The van der Waals surface area contributed by atoms with Crippen LogP contribution in [0, 0.1) is 10.1 Å². The van der Waals surface area contributed by atoms with Gasteiger partial charge in [-0.3, -0.25) is 14.9 Å². The molecule has 1 N–H and O–H groups in total. The Kier molecular flexibility index (Phi) is 5.69.